The van der Waals surface area contributed by atoms with Crippen molar-refractivity contribution < 1.29 is 14.6 Å². The predicted octanol–water partition coefficient (Wildman–Crippen LogP) is 3.66. The van der Waals surface area contributed by atoms with E-state index < -0.39 is 8.07 Å². The Kier molecular flexibility index (Phi) is 6.33. The SMILES string of the molecule is C[Si](C)(C)CCOCn1c(=O)c(-c2cccc3c(=O)n(CC=O)sc23)nc2c(O)cccc21. The molecule has 0 fully saturated rings. The molecule has 172 valence electrons. The van der Waals surface area contributed by atoms with Gasteiger partial charge in [-0.25, -0.2) is 4.98 Å². The third-order valence-corrected chi connectivity index (χ3v) is 8.20. The molecule has 0 aliphatic carbocycles. The molecule has 4 aromatic rings. The molecular formula is C23H25N3O5SSi. The van der Waals surface area contributed by atoms with Gasteiger partial charge in [-0.2, -0.15) is 0 Å². The van der Waals surface area contributed by atoms with Crippen LogP contribution in [0.15, 0.2) is 46.0 Å². The first kappa shape index (κ1) is 23.1. The zero-order chi connectivity index (χ0) is 23.8. The summed E-state index contributed by atoms with van der Waals surface area (Å²) in [5.74, 6) is -0.0523. The molecule has 1 N–H and O–H groups in total. The molecule has 2 aromatic carbocycles. The molecule has 0 spiro atoms. The van der Waals surface area contributed by atoms with Crippen LogP contribution in [-0.2, 0) is 22.8 Å². The molecule has 0 radical (unpaired) electrons. The number of para-hydroxylation sites is 1. The molecule has 8 nitrogen and oxygen atoms in total. The van der Waals surface area contributed by atoms with Gasteiger partial charge in [0, 0.05) is 20.2 Å². The Balaban J connectivity index is 1.89. The Morgan fingerprint density at radius 3 is 2.61 bits per heavy atom. The lowest BCUT2D eigenvalue weighted by Gasteiger charge is -2.17. The van der Waals surface area contributed by atoms with Gasteiger partial charge < -0.3 is 14.6 Å². The first-order valence-corrected chi connectivity index (χ1v) is 15.1. The first-order chi connectivity index (χ1) is 15.7. The van der Waals surface area contributed by atoms with E-state index in [1.54, 1.807) is 30.3 Å². The molecule has 0 amide bonds. The van der Waals surface area contributed by atoms with E-state index in [1.807, 2.05) is 0 Å². The van der Waals surface area contributed by atoms with Gasteiger partial charge in [0.15, 0.2) is 0 Å². The Hall–Kier alpha value is -3.08. The molecule has 0 saturated heterocycles. The number of fused-ring (bicyclic) bond motifs is 2. The number of aromatic hydroxyl groups is 1. The van der Waals surface area contributed by atoms with E-state index in [1.165, 1.54) is 14.6 Å². The van der Waals surface area contributed by atoms with Crippen LogP contribution in [0.2, 0.25) is 25.7 Å². The van der Waals surface area contributed by atoms with Gasteiger partial charge in [0.1, 0.15) is 30.0 Å². The van der Waals surface area contributed by atoms with Crippen LogP contribution in [-0.4, -0.2) is 39.6 Å². The average molecular weight is 484 g/mol. The summed E-state index contributed by atoms with van der Waals surface area (Å²) in [6, 6.07) is 10.9. The molecule has 0 bridgehead atoms. The Morgan fingerprint density at radius 2 is 1.88 bits per heavy atom. The maximum absolute atomic E-state index is 13.6. The predicted molar refractivity (Wildman–Crippen MR) is 133 cm³/mol. The van der Waals surface area contributed by atoms with E-state index in [2.05, 4.69) is 24.6 Å². The van der Waals surface area contributed by atoms with Crippen molar-refractivity contribution in [1.82, 2.24) is 13.5 Å². The molecular weight excluding hydrogens is 458 g/mol. The van der Waals surface area contributed by atoms with Crippen LogP contribution in [0.1, 0.15) is 0 Å². The highest BCUT2D eigenvalue weighted by Gasteiger charge is 2.20. The van der Waals surface area contributed by atoms with Crippen LogP contribution in [0.3, 0.4) is 0 Å². The molecule has 2 aromatic heterocycles. The number of ether oxygens (including phenoxy) is 1. The minimum Gasteiger partial charge on any atom is -0.506 e. The summed E-state index contributed by atoms with van der Waals surface area (Å²) in [6.45, 7) is 7.26. The Bertz CT molecular complexity index is 1470. The van der Waals surface area contributed by atoms with Gasteiger partial charge in [-0.15, -0.1) is 0 Å². The number of phenols is 1. The van der Waals surface area contributed by atoms with Crippen molar-refractivity contribution in [3.63, 3.8) is 0 Å². The van der Waals surface area contributed by atoms with Gasteiger partial charge in [-0.1, -0.05) is 49.4 Å². The van der Waals surface area contributed by atoms with Gasteiger partial charge in [0.25, 0.3) is 11.1 Å². The number of hydrogen-bond donors (Lipinski definition) is 1. The fourth-order valence-electron chi connectivity index (χ4n) is 3.55. The number of benzene rings is 2. The second-order valence-corrected chi connectivity index (χ2v) is 15.6. The maximum atomic E-state index is 13.6. The number of aldehydes is 1. The van der Waals surface area contributed by atoms with E-state index >= 15 is 0 Å². The first-order valence-electron chi connectivity index (χ1n) is 10.6. The number of nitrogens with zero attached hydrogens (tertiary/aromatic N) is 3. The fraction of sp³-hybridized carbons (Fsp3) is 0.304. The molecule has 0 atom stereocenters. The van der Waals surface area contributed by atoms with Crippen molar-refractivity contribution in [2.75, 3.05) is 6.61 Å². The van der Waals surface area contributed by atoms with Crippen molar-refractivity contribution >= 4 is 47.0 Å². The molecule has 0 aliphatic rings. The molecule has 2 heterocycles. The summed E-state index contributed by atoms with van der Waals surface area (Å²) in [5, 5.41) is 10.9. The van der Waals surface area contributed by atoms with Gasteiger partial charge in [0.05, 0.1) is 22.1 Å². The van der Waals surface area contributed by atoms with Gasteiger partial charge in [-0.05, 0) is 24.2 Å². The van der Waals surface area contributed by atoms with Gasteiger partial charge >= 0.3 is 0 Å². The number of rotatable bonds is 8. The smallest absolute Gasteiger partial charge is 0.279 e. The van der Waals surface area contributed by atoms with Crippen LogP contribution in [0.5, 0.6) is 5.75 Å². The van der Waals surface area contributed by atoms with E-state index in [9.17, 15) is 19.5 Å². The van der Waals surface area contributed by atoms with Crippen molar-refractivity contribution in [2.45, 2.75) is 39.0 Å². The van der Waals surface area contributed by atoms with Crippen LogP contribution in [0.4, 0.5) is 0 Å². The van der Waals surface area contributed by atoms with E-state index in [-0.39, 0.29) is 41.4 Å². The van der Waals surface area contributed by atoms with E-state index in [0.29, 0.717) is 34.1 Å². The number of carbonyl (C=O) groups is 1. The zero-order valence-corrected chi connectivity index (χ0v) is 20.5. The van der Waals surface area contributed by atoms with Crippen LogP contribution in [0.25, 0.3) is 32.4 Å². The highest BCUT2D eigenvalue weighted by Crippen LogP contribution is 2.30. The van der Waals surface area contributed by atoms with Crippen molar-refractivity contribution in [2.24, 2.45) is 0 Å². The lowest BCUT2D eigenvalue weighted by Crippen LogP contribution is -2.26. The summed E-state index contributed by atoms with van der Waals surface area (Å²) in [6.07, 6.45) is 0.660. The summed E-state index contributed by atoms with van der Waals surface area (Å²) in [4.78, 5) is 41.7. The maximum Gasteiger partial charge on any atom is 0.279 e. The topological polar surface area (TPSA) is 103 Å². The van der Waals surface area contributed by atoms with Crippen LogP contribution in [0, 0.1) is 0 Å². The minimum absolute atomic E-state index is 0.0250. The molecule has 4 rings (SSSR count). The molecule has 0 unspecified atom stereocenters. The quantitative estimate of drug-likeness (QED) is 0.233. The van der Waals surface area contributed by atoms with Crippen molar-refractivity contribution in [3.8, 4) is 17.0 Å². The average Bonchev–Trinajstić information content (AvgIpc) is 3.08. The van der Waals surface area contributed by atoms with Crippen molar-refractivity contribution in [1.29, 1.82) is 0 Å². The third kappa shape index (κ3) is 4.54. The van der Waals surface area contributed by atoms with Crippen molar-refractivity contribution in [3.05, 3.63) is 57.1 Å². The number of hydrogen-bond acceptors (Lipinski definition) is 7. The zero-order valence-electron chi connectivity index (χ0n) is 18.7. The third-order valence-electron chi connectivity index (χ3n) is 5.34. The number of aromatic nitrogens is 3. The van der Waals surface area contributed by atoms with Crippen LogP contribution < -0.4 is 11.1 Å². The number of phenolic OH excluding ortho intramolecular Hbond substituents is 1. The largest absolute Gasteiger partial charge is 0.506 e. The standard InChI is InChI=1S/C23H25N3O5SSi/c1-33(2,3)13-12-31-14-25-17-8-5-9-18(28)20(17)24-19(23(25)30)15-6-4-7-16-21(15)32-26(10-11-27)22(16)29/h4-9,11,28H,10,12-14H2,1-3H3. The summed E-state index contributed by atoms with van der Waals surface area (Å²) in [7, 11) is -1.30. The minimum atomic E-state index is -1.30. The summed E-state index contributed by atoms with van der Waals surface area (Å²) < 4.78 is 9.23. The summed E-state index contributed by atoms with van der Waals surface area (Å²) >= 11 is 1.11. The lowest BCUT2D eigenvalue weighted by atomic mass is 10.1. The Labute approximate surface area is 194 Å². The fourth-order valence-corrected chi connectivity index (χ4v) is 5.36. The highest BCUT2D eigenvalue weighted by atomic mass is 32.1. The monoisotopic (exact) mass is 483 g/mol. The number of carbonyl (C=O) groups excluding carboxylic acids is 1. The highest BCUT2D eigenvalue weighted by molar-refractivity contribution is 7.14. The van der Waals surface area contributed by atoms with Crippen LogP contribution >= 0.6 is 11.5 Å². The van der Waals surface area contributed by atoms with E-state index in [0.717, 1.165) is 17.6 Å². The molecule has 33 heavy (non-hydrogen) atoms. The molecule has 0 aliphatic heterocycles. The second kappa shape index (κ2) is 9.04. The van der Waals surface area contributed by atoms with Gasteiger partial charge in [0.2, 0.25) is 0 Å². The molecule has 0 saturated carbocycles. The van der Waals surface area contributed by atoms with E-state index in [4.69, 9.17) is 4.74 Å². The second-order valence-electron chi connectivity index (χ2n) is 8.99. The lowest BCUT2D eigenvalue weighted by molar-refractivity contribution is -0.108. The normalized spacial score (nSPS) is 12.0. The molecule has 10 heteroatoms. The Morgan fingerprint density at radius 1 is 1.12 bits per heavy atom. The summed E-state index contributed by atoms with van der Waals surface area (Å²) in [5.41, 5.74) is 0.667. The van der Waals surface area contributed by atoms with Gasteiger partial charge in [-0.3, -0.25) is 18.1 Å².